The van der Waals surface area contributed by atoms with Crippen molar-refractivity contribution in [1.82, 2.24) is 0 Å². The summed E-state index contributed by atoms with van der Waals surface area (Å²) in [6.45, 7) is 11.1. The zero-order valence-corrected chi connectivity index (χ0v) is 32.6. The van der Waals surface area contributed by atoms with Crippen molar-refractivity contribution in [2.45, 2.75) is 72.6 Å². The van der Waals surface area contributed by atoms with Gasteiger partial charge in [0.2, 0.25) is 0 Å². The molecule has 0 fully saturated rings. The number of Topliss-reactive ketones (excluding diaryl/α,β-unsaturated/α-hetero) is 1. The van der Waals surface area contributed by atoms with Crippen molar-refractivity contribution in [3.63, 3.8) is 0 Å². The Hall–Kier alpha value is -3.59. The number of rotatable bonds is 2. The van der Waals surface area contributed by atoms with Crippen molar-refractivity contribution in [2.24, 2.45) is 29.6 Å². The molecule has 1 amide bonds. The molecule has 13 nitrogen and oxygen atoms in total. The third-order valence-electron chi connectivity index (χ3n) is 10.1. The van der Waals surface area contributed by atoms with Crippen molar-refractivity contribution >= 4 is 34.1 Å². The van der Waals surface area contributed by atoms with Crippen molar-refractivity contribution in [3.8, 4) is 23.0 Å². The number of amides is 1. The number of carbonyl (C=O) groups is 3. The number of anilines is 1. The molecule has 14 heteroatoms. The van der Waals surface area contributed by atoms with Gasteiger partial charge in [0.25, 0.3) is 11.7 Å². The molecule has 51 heavy (non-hydrogen) atoms. The predicted octanol–water partition coefficient (Wildman–Crippen LogP) is 0.984. The van der Waals surface area contributed by atoms with Gasteiger partial charge >= 0.3 is 41.3 Å². The minimum absolute atomic E-state index is 0. The number of carbonyl (C=O) groups excluding carboxylic acids is 3. The Balaban J connectivity index is 0.00000702. The van der Waals surface area contributed by atoms with Gasteiger partial charge in [0.15, 0.2) is 5.75 Å². The molecule has 1 unspecified atom stereocenters. The van der Waals surface area contributed by atoms with Gasteiger partial charge in [0.1, 0.15) is 11.5 Å². The molecular formula is C37H46NNaO12. The van der Waals surface area contributed by atoms with E-state index in [1.807, 2.05) is 0 Å². The monoisotopic (exact) mass is 719 g/mol. The number of hydrogen-bond donors (Lipinski definition) is 5. The van der Waals surface area contributed by atoms with E-state index in [0.29, 0.717) is 0 Å². The van der Waals surface area contributed by atoms with Crippen LogP contribution < -0.4 is 44.7 Å². The number of nitrogens with one attached hydrogen (secondary N) is 1. The van der Waals surface area contributed by atoms with Crippen LogP contribution in [0.15, 0.2) is 42.2 Å². The normalized spacial score (nSPS) is 32.6. The number of hydrogen-bond acceptors (Lipinski definition) is 12. The molecular weight excluding hydrogens is 673 g/mol. The first kappa shape index (κ1) is 41.8. The van der Waals surface area contributed by atoms with Gasteiger partial charge < -0.3 is 49.8 Å². The van der Waals surface area contributed by atoms with E-state index < -0.39 is 88.6 Å². The first-order chi connectivity index (χ1) is 23.4. The molecule has 0 aliphatic carbocycles. The Morgan fingerprint density at radius 3 is 2.22 bits per heavy atom. The number of aliphatic hydroxyl groups is 2. The minimum atomic E-state index is -2.02. The van der Waals surface area contributed by atoms with E-state index in [1.165, 1.54) is 53.4 Å². The zero-order chi connectivity index (χ0) is 37.4. The first-order valence-corrected chi connectivity index (χ1v) is 16.3. The third kappa shape index (κ3) is 7.79. The SMILES string of the molecule is COC(=O)[C@H]1[C@@H](C)[C@@H](OC)/C=C/O[C@@]2(C)Oc3c(C)c(O)c4c(O)c(cc([O-])c4c3C2=O)NC(=O)/C(C)=C\C=C\[C@@H](C)[C@@H](O)C(C)[C@H](O)[C@@H]1C.[Na+]. The number of phenolic OH excluding ortho intramolecular Hbond substituents is 2. The van der Waals surface area contributed by atoms with E-state index in [4.69, 9.17) is 18.9 Å². The van der Waals surface area contributed by atoms with Gasteiger partial charge in [0.05, 0.1) is 54.2 Å². The molecule has 9 atom stereocenters. The number of methoxy groups -OCH3 is 2. The molecule has 0 radical (unpaired) electrons. The van der Waals surface area contributed by atoms with Gasteiger partial charge in [-0.05, 0) is 43.2 Å². The van der Waals surface area contributed by atoms with Crippen LogP contribution in [0, 0.1) is 36.5 Å². The number of phenols is 2. The number of ether oxygens (including phenoxy) is 4. The van der Waals surface area contributed by atoms with Crippen LogP contribution in [0.4, 0.5) is 5.69 Å². The maximum Gasteiger partial charge on any atom is 1.00 e. The molecule has 272 valence electrons. The van der Waals surface area contributed by atoms with Crippen LogP contribution in [0.5, 0.6) is 23.0 Å². The van der Waals surface area contributed by atoms with E-state index in [9.17, 15) is 39.9 Å². The molecule has 2 aromatic rings. The second kappa shape index (κ2) is 16.4. The van der Waals surface area contributed by atoms with Crippen LogP contribution in [-0.2, 0) is 23.8 Å². The van der Waals surface area contributed by atoms with Crippen LogP contribution in [0.1, 0.15) is 57.5 Å². The fourth-order valence-electron chi connectivity index (χ4n) is 6.83. The largest absolute Gasteiger partial charge is 1.00 e. The Labute approximate surface area is 319 Å². The summed E-state index contributed by atoms with van der Waals surface area (Å²) in [5.41, 5.74) is -0.278. The number of esters is 1. The van der Waals surface area contributed by atoms with Gasteiger partial charge in [-0.2, -0.15) is 0 Å². The number of aromatic hydroxyl groups is 2. The smallest absolute Gasteiger partial charge is 0.872 e. The number of ketones is 1. The molecule has 0 saturated carbocycles. The topological polar surface area (TPSA) is 204 Å². The Kier molecular flexibility index (Phi) is 13.4. The third-order valence-corrected chi connectivity index (χ3v) is 10.1. The van der Waals surface area contributed by atoms with Gasteiger partial charge in [-0.15, -0.1) is 0 Å². The summed E-state index contributed by atoms with van der Waals surface area (Å²) in [6.07, 6.45) is 4.30. The molecule has 3 aliphatic rings. The van der Waals surface area contributed by atoms with Gasteiger partial charge in [-0.3, -0.25) is 14.4 Å². The summed E-state index contributed by atoms with van der Waals surface area (Å²) in [4.78, 5) is 40.1. The van der Waals surface area contributed by atoms with Crippen LogP contribution in [0.3, 0.4) is 0 Å². The summed E-state index contributed by atoms with van der Waals surface area (Å²) in [5.74, 6) is -9.54. The van der Waals surface area contributed by atoms with Crippen LogP contribution >= 0.6 is 0 Å². The van der Waals surface area contributed by atoms with E-state index in [1.54, 1.807) is 39.8 Å². The molecule has 0 saturated heterocycles. The Morgan fingerprint density at radius 1 is 0.961 bits per heavy atom. The van der Waals surface area contributed by atoms with Gasteiger partial charge in [-0.1, -0.05) is 51.7 Å². The molecule has 5 bridgehead atoms. The maximum atomic E-state index is 13.9. The minimum Gasteiger partial charge on any atom is -0.872 e. The molecule has 5 N–H and O–H groups in total. The fraction of sp³-hybridized carbons (Fsp3) is 0.486. The summed E-state index contributed by atoms with van der Waals surface area (Å²) >= 11 is 0. The Bertz CT molecular complexity index is 1770. The van der Waals surface area contributed by atoms with Crippen LogP contribution in [0.25, 0.3) is 10.8 Å². The van der Waals surface area contributed by atoms with E-state index in [0.717, 1.165) is 6.07 Å². The van der Waals surface area contributed by atoms with Crippen molar-refractivity contribution < 1.29 is 88.4 Å². The number of benzene rings is 2. The maximum absolute atomic E-state index is 13.9. The van der Waals surface area contributed by atoms with Crippen LogP contribution in [-0.4, -0.2) is 76.4 Å². The first-order valence-electron chi connectivity index (χ1n) is 16.3. The average Bonchev–Trinajstić information content (AvgIpc) is 3.34. The second-order valence-electron chi connectivity index (χ2n) is 13.4. The van der Waals surface area contributed by atoms with E-state index >= 15 is 0 Å². The quantitative estimate of drug-likeness (QED) is 0.168. The average molecular weight is 720 g/mol. The fourth-order valence-corrected chi connectivity index (χ4v) is 6.83. The van der Waals surface area contributed by atoms with Crippen molar-refractivity contribution in [3.05, 3.63) is 53.3 Å². The molecule has 3 heterocycles. The summed E-state index contributed by atoms with van der Waals surface area (Å²) in [5, 5.41) is 60.3. The van der Waals surface area contributed by atoms with Gasteiger partial charge in [0, 0.05) is 37.0 Å². The van der Waals surface area contributed by atoms with Gasteiger partial charge in [-0.25, -0.2) is 0 Å². The second-order valence-corrected chi connectivity index (χ2v) is 13.4. The van der Waals surface area contributed by atoms with Crippen molar-refractivity contribution in [1.29, 1.82) is 0 Å². The molecule has 5 rings (SSSR count). The Morgan fingerprint density at radius 2 is 1.61 bits per heavy atom. The standard InChI is InChI=1S/C37H47NO12.Na/c1-16-11-10-12-17(2)35(45)38-22-15-23(39)26-27(32(22)43)31(42)21(6)33-28(26)34(44)37(7,50-33)49-14-13-24(47-8)18(3)25(36(46)48-9)19(4)30(41)20(5)29(16)40;/h10-16,18-20,24-25,29-30,39-43H,1-9H3,(H,38,45);/q;+1/p-1/b11-10+,14-13+,17-12-;/t16-,18+,19-,20?,24+,25+,29-,30-,37+;/m1./s1. The van der Waals surface area contributed by atoms with E-state index in [2.05, 4.69) is 5.32 Å². The zero-order valence-electron chi connectivity index (χ0n) is 30.6. The van der Waals surface area contributed by atoms with Crippen LogP contribution in [0.2, 0.25) is 0 Å². The van der Waals surface area contributed by atoms with Crippen molar-refractivity contribution in [2.75, 3.05) is 19.5 Å². The molecule has 0 spiro atoms. The summed E-state index contributed by atoms with van der Waals surface area (Å²) in [7, 11) is 2.65. The molecule has 0 aromatic heterocycles. The van der Waals surface area contributed by atoms with E-state index in [-0.39, 0.29) is 68.5 Å². The number of fused-ring (bicyclic) bond motifs is 14. The molecule has 2 aromatic carbocycles. The number of aliphatic hydroxyl groups excluding tert-OH is 2. The molecule has 3 aliphatic heterocycles. The summed E-state index contributed by atoms with van der Waals surface area (Å²) in [6, 6.07) is 0.949. The number of allylic oxidation sites excluding steroid dienone is 2. The summed E-state index contributed by atoms with van der Waals surface area (Å²) < 4.78 is 22.5. The predicted molar refractivity (Wildman–Crippen MR) is 182 cm³/mol.